The molecule has 4 N–H and O–H groups in total. The van der Waals surface area contributed by atoms with Crippen LogP contribution in [0.1, 0.15) is 23.7 Å². The molecule has 2 unspecified atom stereocenters. The lowest BCUT2D eigenvalue weighted by Crippen LogP contribution is -2.47. The highest BCUT2D eigenvalue weighted by molar-refractivity contribution is 5.99. The average Bonchev–Trinajstić information content (AvgIpc) is 2.36. The molecule has 20 heavy (non-hydrogen) atoms. The van der Waals surface area contributed by atoms with E-state index in [1.807, 2.05) is 4.90 Å². The number of hydrogen-bond donors (Lipinski definition) is 2. The number of primary amides is 1. The third-order valence-corrected chi connectivity index (χ3v) is 3.49. The Morgan fingerprint density at radius 3 is 2.70 bits per heavy atom. The number of nitro groups is 1. The molecule has 1 amide bonds. The number of amides is 1. The number of benzene rings is 1. The highest BCUT2D eigenvalue weighted by Crippen LogP contribution is 2.28. The molecular weight excluding hydrogens is 260 g/mol. The smallest absolute Gasteiger partial charge is 0.270 e. The first kappa shape index (κ1) is 14.3. The van der Waals surface area contributed by atoms with Crippen LogP contribution in [-0.4, -0.2) is 30.0 Å². The Labute approximate surface area is 116 Å². The van der Waals surface area contributed by atoms with Gasteiger partial charge in [-0.15, -0.1) is 0 Å². The van der Waals surface area contributed by atoms with Gasteiger partial charge in [-0.25, -0.2) is 0 Å². The number of carbonyl (C=O) groups is 1. The summed E-state index contributed by atoms with van der Waals surface area (Å²) in [6.45, 7) is 3.45. The SMILES string of the molecule is CC1CC(N)CN(c2ccc([N+](=O)[O-])cc2C(N)=O)C1. The predicted octanol–water partition coefficient (Wildman–Crippen LogP) is 0.867. The normalized spacial score (nSPS) is 22.6. The molecule has 108 valence electrons. The molecule has 2 rings (SSSR count). The number of rotatable bonds is 3. The van der Waals surface area contributed by atoms with E-state index in [1.165, 1.54) is 12.1 Å². The number of anilines is 1. The second-order valence-corrected chi connectivity index (χ2v) is 5.33. The molecule has 1 aromatic rings. The van der Waals surface area contributed by atoms with Crippen molar-refractivity contribution in [2.45, 2.75) is 19.4 Å². The Morgan fingerprint density at radius 2 is 2.15 bits per heavy atom. The molecule has 1 heterocycles. The number of nitrogens with two attached hydrogens (primary N) is 2. The van der Waals surface area contributed by atoms with Crippen LogP contribution in [0.5, 0.6) is 0 Å². The lowest BCUT2D eigenvalue weighted by molar-refractivity contribution is -0.384. The number of hydrogen-bond acceptors (Lipinski definition) is 5. The van der Waals surface area contributed by atoms with Gasteiger partial charge in [-0.2, -0.15) is 0 Å². The van der Waals surface area contributed by atoms with Crippen LogP contribution in [0.3, 0.4) is 0 Å². The second kappa shape index (κ2) is 5.46. The van der Waals surface area contributed by atoms with E-state index in [9.17, 15) is 14.9 Å². The van der Waals surface area contributed by atoms with Crippen molar-refractivity contribution in [1.82, 2.24) is 0 Å². The van der Waals surface area contributed by atoms with Gasteiger partial charge in [0.2, 0.25) is 0 Å². The van der Waals surface area contributed by atoms with Crippen LogP contribution in [-0.2, 0) is 0 Å². The maximum absolute atomic E-state index is 11.5. The van der Waals surface area contributed by atoms with E-state index in [1.54, 1.807) is 6.07 Å². The zero-order valence-corrected chi connectivity index (χ0v) is 11.3. The molecule has 0 bridgehead atoms. The highest BCUT2D eigenvalue weighted by Gasteiger charge is 2.26. The summed E-state index contributed by atoms with van der Waals surface area (Å²) < 4.78 is 0. The van der Waals surface area contributed by atoms with Crippen molar-refractivity contribution in [3.63, 3.8) is 0 Å². The Bertz CT molecular complexity index is 536. The quantitative estimate of drug-likeness (QED) is 0.628. The second-order valence-electron chi connectivity index (χ2n) is 5.33. The minimum absolute atomic E-state index is 0.0228. The molecule has 1 fully saturated rings. The van der Waals surface area contributed by atoms with Gasteiger partial charge in [0.25, 0.3) is 11.6 Å². The monoisotopic (exact) mass is 278 g/mol. The molecular formula is C13H18N4O3. The lowest BCUT2D eigenvalue weighted by Gasteiger charge is -2.37. The summed E-state index contributed by atoms with van der Waals surface area (Å²) in [6.07, 6.45) is 0.926. The molecule has 7 nitrogen and oxygen atoms in total. The number of nitro benzene ring substituents is 1. The number of carbonyl (C=O) groups excluding carboxylic acids is 1. The first-order chi connectivity index (χ1) is 9.38. The highest BCUT2D eigenvalue weighted by atomic mass is 16.6. The molecule has 0 aromatic heterocycles. The molecule has 1 aliphatic rings. The van der Waals surface area contributed by atoms with Crippen LogP contribution >= 0.6 is 0 Å². The Balaban J connectivity index is 2.40. The molecule has 2 atom stereocenters. The molecule has 1 aliphatic heterocycles. The van der Waals surface area contributed by atoms with Gasteiger partial charge in [0.15, 0.2) is 0 Å². The maximum atomic E-state index is 11.5. The van der Waals surface area contributed by atoms with E-state index in [0.29, 0.717) is 18.2 Å². The van der Waals surface area contributed by atoms with E-state index < -0.39 is 10.8 Å². The van der Waals surface area contributed by atoms with Gasteiger partial charge in [0, 0.05) is 31.3 Å². The Morgan fingerprint density at radius 1 is 1.45 bits per heavy atom. The molecule has 0 saturated carbocycles. The maximum Gasteiger partial charge on any atom is 0.270 e. The largest absolute Gasteiger partial charge is 0.369 e. The average molecular weight is 278 g/mol. The van der Waals surface area contributed by atoms with E-state index in [2.05, 4.69) is 6.92 Å². The summed E-state index contributed by atoms with van der Waals surface area (Å²) in [5.74, 6) is -0.273. The first-order valence-electron chi connectivity index (χ1n) is 6.47. The van der Waals surface area contributed by atoms with E-state index >= 15 is 0 Å². The lowest BCUT2D eigenvalue weighted by atomic mass is 9.95. The van der Waals surface area contributed by atoms with Crippen LogP contribution in [0, 0.1) is 16.0 Å². The van der Waals surface area contributed by atoms with Crippen LogP contribution < -0.4 is 16.4 Å². The number of nitrogens with zero attached hydrogens (tertiary/aromatic N) is 2. The zero-order valence-electron chi connectivity index (χ0n) is 11.3. The Hall–Kier alpha value is -2.15. The van der Waals surface area contributed by atoms with Crippen molar-refractivity contribution in [2.24, 2.45) is 17.4 Å². The van der Waals surface area contributed by atoms with Crippen molar-refractivity contribution in [3.8, 4) is 0 Å². The number of piperidine rings is 1. The molecule has 0 aliphatic carbocycles. The van der Waals surface area contributed by atoms with Crippen molar-refractivity contribution in [3.05, 3.63) is 33.9 Å². The zero-order chi connectivity index (χ0) is 14.9. The van der Waals surface area contributed by atoms with Gasteiger partial charge in [-0.05, 0) is 18.4 Å². The molecule has 1 aromatic carbocycles. The first-order valence-corrected chi connectivity index (χ1v) is 6.47. The van der Waals surface area contributed by atoms with Crippen LogP contribution in [0.2, 0.25) is 0 Å². The predicted molar refractivity (Wildman–Crippen MR) is 75.6 cm³/mol. The van der Waals surface area contributed by atoms with Crippen molar-refractivity contribution in [1.29, 1.82) is 0 Å². The fourth-order valence-electron chi connectivity index (χ4n) is 2.71. The van der Waals surface area contributed by atoms with Crippen molar-refractivity contribution >= 4 is 17.3 Å². The van der Waals surface area contributed by atoms with Gasteiger partial charge in [-0.3, -0.25) is 14.9 Å². The van der Waals surface area contributed by atoms with E-state index in [-0.39, 0.29) is 17.3 Å². The molecule has 1 saturated heterocycles. The minimum atomic E-state index is -0.671. The summed E-state index contributed by atoms with van der Waals surface area (Å²) in [7, 11) is 0. The van der Waals surface area contributed by atoms with Crippen molar-refractivity contribution in [2.75, 3.05) is 18.0 Å². The molecule has 0 radical (unpaired) electrons. The van der Waals surface area contributed by atoms with Crippen molar-refractivity contribution < 1.29 is 9.72 Å². The van der Waals surface area contributed by atoms with Crippen LogP contribution in [0.15, 0.2) is 18.2 Å². The third kappa shape index (κ3) is 2.88. The summed E-state index contributed by atoms with van der Waals surface area (Å²) in [5, 5.41) is 10.8. The summed E-state index contributed by atoms with van der Waals surface area (Å²) in [6, 6.07) is 4.20. The van der Waals surface area contributed by atoms with Gasteiger partial charge >= 0.3 is 0 Å². The standard InChI is InChI=1S/C13H18N4O3/c1-8-4-9(14)7-16(6-8)12-3-2-10(17(19)20)5-11(12)13(15)18/h2-3,5,8-9H,4,6-7,14H2,1H3,(H2,15,18). The third-order valence-electron chi connectivity index (χ3n) is 3.49. The van der Waals surface area contributed by atoms with E-state index in [0.717, 1.165) is 13.0 Å². The van der Waals surface area contributed by atoms with Gasteiger partial charge in [0.1, 0.15) is 0 Å². The fraction of sp³-hybridized carbons (Fsp3) is 0.462. The van der Waals surface area contributed by atoms with Gasteiger partial charge in [0.05, 0.1) is 16.2 Å². The summed E-state index contributed by atoms with van der Waals surface area (Å²) in [5.41, 5.74) is 12.0. The minimum Gasteiger partial charge on any atom is -0.369 e. The topological polar surface area (TPSA) is 115 Å². The van der Waals surface area contributed by atoms with Gasteiger partial charge < -0.3 is 16.4 Å². The molecule has 0 spiro atoms. The van der Waals surface area contributed by atoms with Gasteiger partial charge in [-0.1, -0.05) is 6.92 Å². The Kier molecular flexibility index (Phi) is 3.89. The molecule has 7 heteroatoms. The summed E-state index contributed by atoms with van der Waals surface area (Å²) >= 11 is 0. The van der Waals surface area contributed by atoms with Crippen LogP contribution in [0.4, 0.5) is 11.4 Å². The van der Waals surface area contributed by atoms with Crippen LogP contribution in [0.25, 0.3) is 0 Å². The fourth-order valence-corrected chi connectivity index (χ4v) is 2.71. The number of non-ortho nitro benzene ring substituents is 1. The summed E-state index contributed by atoms with van der Waals surface area (Å²) in [4.78, 5) is 23.8. The van der Waals surface area contributed by atoms with E-state index in [4.69, 9.17) is 11.5 Å².